The number of hydrogen-bond donors (Lipinski definition) is 0. The monoisotopic (exact) mass is 330 g/mol. The lowest BCUT2D eigenvalue weighted by molar-refractivity contribution is -0.139. The number of nitrogens with zero attached hydrogens (tertiary/aromatic N) is 2. The molecule has 0 aliphatic carbocycles. The Balaban J connectivity index is 2.29. The quantitative estimate of drug-likeness (QED) is 0.781. The molecule has 1 amide bonds. The molecule has 22 heavy (non-hydrogen) atoms. The lowest BCUT2D eigenvalue weighted by atomic mass is 10.3. The van der Waals surface area contributed by atoms with Crippen molar-refractivity contribution in [3.63, 3.8) is 0 Å². The topological polar surface area (TPSA) is 46.3 Å². The van der Waals surface area contributed by atoms with E-state index in [1.807, 2.05) is 0 Å². The SMILES string of the molecule is C=CCN(CC(F)(F)F)C(=O)c1nc(-c2ccco2)sc1C. The summed E-state index contributed by atoms with van der Waals surface area (Å²) in [5.41, 5.74) is 0.00231. The molecule has 0 atom stereocenters. The minimum absolute atomic E-state index is 0.00231. The van der Waals surface area contributed by atoms with Crippen LogP contribution in [-0.4, -0.2) is 35.1 Å². The van der Waals surface area contributed by atoms with E-state index >= 15 is 0 Å². The average Bonchev–Trinajstić information content (AvgIpc) is 3.04. The zero-order valence-electron chi connectivity index (χ0n) is 11.7. The van der Waals surface area contributed by atoms with Gasteiger partial charge in [0.25, 0.3) is 5.91 Å². The zero-order valence-corrected chi connectivity index (χ0v) is 12.5. The number of thiazole rings is 1. The van der Waals surface area contributed by atoms with E-state index in [9.17, 15) is 18.0 Å². The fraction of sp³-hybridized carbons (Fsp3) is 0.286. The average molecular weight is 330 g/mol. The first kappa shape index (κ1) is 16.3. The van der Waals surface area contributed by atoms with Gasteiger partial charge in [0.15, 0.2) is 10.8 Å². The van der Waals surface area contributed by atoms with Crippen LogP contribution in [0.4, 0.5) is 13.2 Å². The fourth-order valence-electron chi connectivity index (χ4n) is 1.84. The minimum Gasteiger partial charge on any atom is -0.462 e. The van der Waals surface area contributed by atoms with Gasteiger partial charge in [-0.3, -0.25) is 4.79 Å². The normalized spacial score (nSPS) is 11.5. The Morgan fingerprint density at radius 3 is 2.82 bits per heavy atom. The van der Waals surface area contributed by atoms with Gasteiger partial charge in [-0.05, 0) is 19.1 Å². The highest BCUT2D eigenvalue weighted by molar-refractivity contribution is 7.15. The first-order valence-corrected chi connectivity index (χ1v) is 7.11. The molecular weight excluding hydrogens is 317 g/mol. The zero-order chi connectivity index (χ0) is 16.3. The summed E-state index contributed by atoms with van der Waals surface area (Å²) in [5, 5.41) is 0.455. The highest BCUT2D eigenvalue weighted by Gasteiger charge is 2.34. The summed E-state index contributed by atoms with van der Waals surface area (Å²) in [5.74, 6) is -0.304. The van der Waals surface area contributed by atoms with Gasteiger partial charge in [-0.25, -0.2) is 4.98 Å². The van der Waals surface area contributed by atoms with Crippen molar-refractivity contribution in [3.8, 4) is 10.8 Å². The van der Waals surface area contributed by atoms with Gasteiger partial charge in [-0.1, -0.05) is 6.08 Å². The summed E-state index contributed by atoms with van der Waals surface area (Å²) in [6.07, 6.45) is -1.77. The van der Waals surface area contributed by atoms with Gasteiger partial charge in [-0.2, -0.15) is 13.2 Å². The minimum atomic E-state index is -4.48. The lowest BCUT2D eigenvalue weighted by Gasteiger charge is -2.21. The molecule has 0 bridgehead atoms. The predicted molar refractivity (Wildman–Crippen MR) is 76.7 cm³/mol. The Bertz CT molecular complexity index is 662. The van der Waals surface area contributed by atoms with Gasteiger partial charge in [0.05, 0.1) is 6.26 Å². The second-order valence-corrected chi connectivity index (χ2v) is 5.69. The Hall–Kier alpha value is -2.09. The second kappa shape index (κ2) is 6.35. The van der Waals surface area contributed by atoms with Crippen molar-refractivity contribution in [2.45, 2.75) is 13.1 Å². The molecule has 0 unspecified atom stereocenters. The summed E-state index contributed by atoms with van der Waals surface area (Å²) in [4.78, 5) is 17.6. The molecular formula is C14H13F3N2O2S. The van der Waals surface area contributed by atoms with Gasteiger partial charge >= 0.3 is 6.18 Å². The molecule has 2 aromatic heterocycles. The number of alkyl halides is 3. The van der Waals surface area contributed by atoms with Gasteiger partial charge in [0, 0.05) is 11.4 Å². The number of carbonyl (C=O) groups excluding carboxylic acids is 1. The van der Waals surface area contributed by atoms with Gasteiger partial charge < -0.3 is 9.32 Å². The van der Waals surface area contributed by atoms with Crippen LogP contribution in [0.5, 0.6) is 0 Å². The Morgan fingerprint density at radius 1 is 1.55 bits per heavy atom. The molecule has 2 heterocycles. The molecule has 0 radical (unpaired) electrons. The Labute approximate surface area is 128 Å². The number of rotatable bonds is 5. The molecule has 0 aliphatic heterocycles. The van der Waals surface area contributed by atoms with E-state index in [4.69, 9.17) is 4.42 Å². The van der Waals surface area contributed by atoms with Crippen LogP contribution >= 0.6 is 11.3 Å². The highest BCUT2D eigenvalue weighted by Crippen LogP contribution is 2.29. The maximum atomic E-state index is 12.6. The molecule has 0 N–H and O–H groups in total. The number of halogens is 3. The largest absolute Gasteiger partial charge is 0.462 e. The highest BCUT2D eigenvalue weighted by atomic mass is 32.1. The maximum absolute atomic E-state index is 12.6. The first-order valence-electron chi connectivity index (χ1n) is 6.30. The summed E-state index contributed by atoms with van der Waals surface area (Å²) in [7, 11) is 0. The Morgan fingerprint density at radius 2 is 2.27 bits per heavy atom. The van der Waals surface area contributed by atoms with E-state index in [0.29, 0.717) is 20.5 Å². The number of furan rings is 1. The summed E-state index contributed by atoms with van der Waals surface area (Å²) in [6.45, 7) is 3.47. The first-order chi connectivity index (χ1) is 10.3. The van der Waals surface area contributed by atoms with Crippen LogP contribution < -0.4 is 0 Å². The maximum Gasteiger partial charge on any atom is 0.406 e. The third-order valence-electron chi connectivity index (χ3n) is 2.74. The second-order valence-electron chi connectivity index (χ2n) is 4.49. The lowest BCUT2D eigenvalue weighted by Crippen LogP contribution is -2.39. The number of hydrogen-bond acceptors (Lipinski definition) is 4. The molecule has 0 fully saturated rings. The van der Waals surface area contributed by atoms with Gasteiger partial charge in [0.2, 0.25) is 0 Å². The van der Waals surface area contributed by atoms with Crippen LogP contribution in [0.25, 0.3) is 10.8 Å². The van der Waals surface area contributed by atoms with Crippen molar-refractivity contribution >= 4 is 17.2 Å². The standard InChI is InChI=1S/C14H13F3N2O2S/c1-3-6-19(8-14(15,16)17)13(20)11-9(2)22-12(18-11)10-5-4-7-21-10/h3-5,7H,1,6,8H2,2H3. The fourth-order valence-corrected chi connectivity index (χ4v) is 2.72. The molecule has 0 aromatic carbocycles. The molecule has 0 saturated heterocycles. The summed E-state index contributed by atoms with van der Waals surface area (Å²) in [6, 6.07) is 3.34. The van der Waals surface area contributed by atoms with Crippen LogP contribution in [0, 0.1) is 6.92 Å². The molecule has 0 saturated carbocycles. The van der Waals surface area contributed by atoms with E-state index < -0.39 is 18.6 Å². The molecule has 0 spiro atoms. The molecule has 2 aromatic rings. The van der Waals surface area contributed by atoms with E-state index in [1.165, 1.54) is 23.7 Å². The molecule has 8 heteroatoms. The van der Waals surface area contributed by atoms with Gasteiger partial charge in [-0.15, -0.1) is 17.9 Å². The smallest absolute Gasteiger partial charge is 0.406 e. The third-order valence-corrected chi connectivity index (χ3v) is 3.72. The van der Waals surface area contributed by atoms with Crippen molar-refractivity contribution < 1.29 is 22.4 Å². The van der Waals surface area contributed by atoms with Crippen molar-refractivity contribution in [2.24, 2.45) is 0 Å². The van der Waals surface area contributed by atoms with E-state index in [0.717, 1.165) is 0 Å². The van der Waals surface area contributed by atoms with E-state index in [1.54, 1.807) is 19.1 Å². The number of amides is 1. The van der Waals surface area contributed by atoms with E-state index in [2.05, 4.69) is 11.6 Å². The molecule has 2 rings (SSSR count). The molecule has 0 aliphatic rings. The van der Waals surface area contributed by atoms with Crippen molar-refractivity contribution in [1.82, 2.24) is 9.88 Å². The predicted octanol–water partition coefficient (Wildman–Crippen LogP) is 3.90. The van der Waals surface area contributed by atoms with Crippen molar-refractivity contribution in [1.29, 1.82) is 0 Å². The Kier molecular flexibility index (Phi) is 4.70. The number of aromatic nitrogens is 1. The van der Waals surface area contributed by atoms with Gasteiger partial charge in [0.1, 0.15) is 12.2 Å². The van der Waals surface area contributed by atoms with Crippen LogP contribution in [0.1, 0.15) is 15.4 Å². The van der Waals surface area contributed by atoms with Crippen LogP contribution in [0.2, 0.25) is 0 Å². The molecule has 118 valence electrons. The molecule has 4 nitrogen and oxygen atoms in total. The van der Waals surface area contributed by atoms with E-state index in [-0.39, 0.29) is 12.2 Å². The van der Waals surface area contributed by atoms with Crippen LogP contribution in [0.15, 0.2) is 35.5 Å². The van der Waals surface area contributed by atoms with Crippen molar-refractivity contribution in [2.75, 3.05) is 13.1 Å². The number of carbonyl (C=O) groups is 1. The third kappa shape index (κ3) is 3.76. The van der Waals surface area contributed by atoms with Crippen LogP contribution in [0.3, 0.4) is 0 Å². The summed E-state index contributed by atoms with van der Waals surface area (Å²) < 4.78 is 42.9. The van der Waals surface area contributed by atoms with Crippen LogP contribution in [-0.2, 0) is 0 Å². The van der Waals surface area contributed by atoms with Crippen molar-refractivity contribution in [3.05, 3.63) is 41.6 Å². The number of aryl methyl sites for hydroxylation is 1. The summed E-state index contributed by atoms with van der Waals surface area (Å²) >= 11 is 1.19.